The van der Waals surface area contributed by atoms with Crippen molar-refractivity contribution >= 4 is 17.6 Å². The topological polar surface area (TPSA) is 130 Å². The van der Waals surface area contributed by atoms with Crippen LogP contribution in [0.4, 0.5) is 13.2 Å². The summed E-state index contributed by atoms with van der Waals surface area (Å²) in [6, 6.07) is 10.7. The van der Waals surface area contributed by atoms with Crippen molar-refractivity contribution in [3.05, 3.63) is 75.8 Å². The molecular formula is C21H17ClF3N7O4. The molecule has 15 heteroatoms. The number of aliphatic hydroxyl groups excluding tert-OH is 1. The molecule has 0 fully saturated rings. The van der Waals surface area contributed by atoms with E-state index < -0.39 is 37.0 Å². The number of methoxy groups -OCH3 is 1. The number of ether oxygens (including phenoxy) is 1. The first-order valence-corrected chi connectivity index (χ1v) is 10.6. The molecular weight excluding hydrogens is 507 g/mol. The van der Waals surface area contributed by atoms with Gasteiger partial charge in [-0.05, 0) is 36.4 Å². The first-order valence-electron chi connectivity index (χ1n) is 10.2. The Morgan fingerprint density at radius 3 is 2.50 bits per heavy atom. The van der Waals surface area contributed by atoms with Gasteiger partial charge in [-0.25, -0.2) is 24.2 Å². The molecule has 0 aliphatic rings. The van der Waals surface area contributed by atoms with Crippen LogP contribution in [0, 0.1) is 0 Å². The summed E-state index contributed by atoms with van der Waals surface area (Å²) in [5.41, 5.74) is -0.677. The summed E-state index contributed by atoms with van der Waals surface area (Å²) in [6.45, 7) is -1.50. The van der Waals surface area contributed by atoms with Gasteiger partial charge in [0.2, 0.25) is 5.82 Å². The van der Waals surface area contributed by atoms with Crippen LogP contribution in [0.2, 0.25) is 5.02 Å². The lowest BCUT2D eigenvalue weighted by molar-refractivity contribution is -0.207. The van der Waals surface area contributed by atoms with Crippen LogP contribution in [0.1, 0.15) is 16.4 Å². The molecule has 1 aromatic carbocycles. The molecule has 0 saturated heterocycles. The van der Waals surface area contributed by atoms with Crippen molar-refractivity contribution in [2.45, 2.75) is 25.4 Å². The number of benzene rings is 1. The predicted molar refractivity (Wildman–Crippen MR) is 119 cm³/mol. The summed E-state index contributed by atoms with van der Waals surface area (Å²) in [7, 11) is 1.15. The van der Waals surface area contributed by atoms with Gasteiger partial charge in [0.25, 0.3) is 0 Å². The third-order valence-corrected chi connectivity index (χ3v) is 5.19. The molecule has 3 aromatic heterocycles. The van der Waals surface area contributed by atoms with E-state index in [0.717, 1.165) is 16.5 Å². The minimum Gasteiger partial charge on any atom is -0.463 e. The first-order chi connectivity index (χ1) is 17.1. The number of carbonyl (C=O) groups is 1. The Morgan fingerprint density at radius 2 is 1.89 bits per heavy atom. The second-order valence-electron chi connectivity index (χ2n) is 7.38. The third-order valence-electron chi connectivity index (χ3n) is 4.94. The van der Waals surface area contributed by atoms with E-state index in [9.17, 15) is 27.9 Å². The summed E-state index contributed by atoms with van der Waals surface area (Å²) >= 11 is 5.89. The number of aliphatic hydroxyl groups is 1. The quantitative estimate of drug-likeness (QED) is 0.365. The lowest BCUT2D eigenvalue weighted by atomic mass is 10.2. The van der Waals surface area contributed by atoms with Gasteiger partial charge >= 0.3 is 17.8 Å². The zero-order valence-corrected chi connectivity index (χ0v) is 19.2. The van der Waals surface area contributed by atoms with Gasteiger partial charge in [0.15, 0.2) is 23.6 Å². The number of nitrogens with zero attached hydrogens (tertiary/aromatic N) is 7. The fraction of sp³-hybridized carbons (Fsp3) is 0.238. The minimum absolute atomic E-state index is 0.0631. The first kappa shape index (κ1) is 25.1. The van der Waals surface area contributed by atoms with E-state index in [2.05, 4.69) is 20.2 Å². The average molecular weight is 524 g/mol. The summed E-state index contributed by atoms with van der Waals surface area (Å²) in [5, 5.41) is 18.3. The predicted octanol–water partition coefficient (Wildman–Crippen LogP) is 2.10. The maximum Gasteiger partial charge on any atom is 0.416 e. The fourth-order valence-electron chi connectivity index (χ4n) is 3.22. The van der Waals surface area contributed by atoms with Gasteiger partial charge in [-0.15, -0.1) is 10.2 Å². The Hall–Kier alpha value is -4.04. The highest BCUT2D eigenvalue weighted by atomic mass is 35.5. The van der Waals surface area contributed by atoms with Crippen LogP contribution in [-0.4, -0.2) is 64.6 Å². The average Bonchev–Trinajstić information content (AvgIpc) is 3.41. The number of esters is 1. The fourth-order valence-corrected chi connectivity index (χ4v) is 3.34. The molecule has 4 aromatic rings. The number of alkyl halides is 3. The molecule has 0 saturated carbocycles. The molecule has 3 heterocycles. The van der Waals surface area contributed by atoms with E-state index in [4.69, 9.17) is 16.3 Å². The van der Waals surface area contributed by atoms with E-state index in [1.165, 1.54) is 30.5 Å². The molecule has 36 heavy (non-hydrogen) atoms. The normalized spacial score (nSPS) is 12.5. The van der Waals surface area contributed by atoms with E-state index in [1.54, 1.807) is 18.2 Å². The van der Waals surface area contributed by atoms with E-state index >= 15 is 0 Å². The van der Waals surface area contributed by atoms with Crippen LogP contribution in [-0.2, 0) is 17.8 Å². The van der Waals surface area contributed by atoms with Gasteiger partial charge in [0.05, 0.1) is 13.7 Å². The van der Waals surface area contributed by atoms with Gasteiger partial charge in [0.1, 0.15) is 6.54 Å². The van der Waals surface area contributed by atoms with Crippen molar-refractivity contribution < 1.29 is 27.8 Å². The van der Waals surface area contributed by atoms with Crippen molar-refractivity contribution in [3.63, 3.8) is 0 Å². The second-order valence-corrected chi connectivity index (χ2v) is 7.82. The van der Waals surface area contributed by atoms with Crippen LogP contribution >= 0.6 is 11.6 Å². The Labute approximate surface area is 205 Å². The Morgan fingerprint density at radius 1 is 1.17 bits per heavy atom. The number of aromatic nitrogens is 7. The third kappa shape index (κ3) is 5.13. The van der Waals surface area contributed by atoms with Gasteiger partial charge in [-0.3, -0.25) is 4.57 Å². The summed E-state index contributed by atoms with van der Waals surface area (Å²) in [6.07, 6.45) is -6.31. The molecule has 0 radical (unpaired) electrons. The molecule has 0 aliphatic carbocycles. The number of hydrogen-bond donors (Lipinski definition) is 1. The highest BCUT2D eigenvalue weighted by Crippen LogP contribution is 2.24. The molecule has 1 atom stereocenters. The molecule has 0 unspecified atom stereocenters. The minimum atomic E-state index is -4.96. The lowest BCUT2D eigenvalue weighted by Gasteiger charge is -2.15. The van der Waals surface area contributed by atoms with Crippen molar-refractivity contribution in [2.75, 3.05) is 7.11 Å². The number of hydrogen-bond acceptors (Lipinski definition) is 8. The largest absolute Gasteiger partial charge is 0.463 e. The number of halogens is 4. The summed E-state index contributed by atoms with van der Waals surface area (Å²) < 4.78 is 46.5. The van der Waals surface area contributed by atoms with Crippen LogP contribution in [0.15, 0.2) is 53.5 Å². The van der Waals surface area contributed by atoms with Gasteiger partial charge in [-0.1, -0.05) is 17.7 Å². The number of carbonyl (C=O) groups excluding carboxylic acids is 1. The van der Waals surface area contributed by atoms with Crippen molar-refractivity contribution in [2.24, 2.45) is 0 Å². The maximum absolute atomic E-state index is 13.0. The molecule has 0 bridgehead atoms. The smallest absolute Gasteiger partial charge is 0.416 e. The maximum atomic E-state index is 13.0. The van der Waals surface area contributed by atoms with E-state index in [-0.39, 0.29) is 28.9 Å². The highest BCUT2D eigenvalue weighted by Gasteiger charge is 2.39. The Balaban J connectivity index is 1.77. The van der Waals surface area contributed by atoms with Crippen LogP contribution in [0.5, 0.6) is 0 Å². The van der Waals surface area contributed by atoms with Crippen molar-refractivity contribution in [1.29, 1.82) is 0 Å². The molecule has 0 amide bonds. The van der Waals surface area contributed by atoms with Crippen LogP contribution in [0.3, 0.4) is 0 Å². The number of pyridine rings is 1. The lowest BCUT2D eigenvalue weighted by Crippen LogP contribution is -2.37. The van der Waals surface area contributed by atoms with E-state index in [0.29, 0.717) is 9.59 Å². The molecule has 0 aliphatic heterocycles. The second kappa shape index (κ2) is 9.91. The van der Waals surface area contributed by atoms with Gasteiger partial charge < -0.3 is 9.84 Å². The van der Waals surface area contributed by atoms with Crippen molar-refractivity contribution in [1.82, 2.24) is 34.1 Å². The zero-order valence-electron chi connectivity index (χ0n) is 18.4. The number of rotatable bonds is 7. The summed E-state index contributed by atoms with van der Waals surface area (Å²) in [4.78, 5) is 33.5. The van der Waals surface area contributed by atoms with Gasteiger partial charge in [0, 0.05) is 16.8 Å². The van der Waals surface area contributed by atoms with Crippen molar-refractivity contribution in [3.8, 4) is 17.2 Å². The highest BCUT2D eigenvalue weighted by molar-refractivity contribution is 6.30. The van der Waals surface area contributed by atoms with Crippen LogP contribution in [0.25, 0.3) is 17.2 Å². The molecule has 4 rings (SSSR count). The summed E-state index contributed by atoms with van der Waals surface area (Å²) in [5.74, 6) is -1.02. The Kier molecular flexibility index (Phi) is 6.90. The Bertz CT molecular complexity index is 1430. The zero-order chi connectivity index (χ0) is 26.0. The standard InChI is InChI=1S/C21H17ClF3N7O4/c1-36-19(34)18-27-15(28-32(18)16-4-2-3-9-26-16)11-31-20(35)30(10-14(33)21(23,24)25)17(29-31)12-5-7-13(22)8-6-12/h2-9,14,33H,10-11H2,1H3/t14-/m0/s1. The molecule has 0 spiro atoms. The molecule has 1 N–H and O–H groups in total. The molecule has 188 valence electrons. The molecule has 11 nitrogen and oxygen atoms in total. The van der Waals surface area contributed by atoms with Gasteiger partial charge in [-0.2, -0.15) is 17.9 Å². The van der Waals surface area contributed by atoms with E-state index in [1.807, 2.05) is 0 Å². The monoisotopic (exact) mass is 523 g/mol. The SMILES string of the molecule is COC(=O)c1nc(Cn2nc(-c3ccc(Cl)cc3)n(C[C@H](O)C(F)(F)F)c2=O)nn1-c1ccccn1. The van der Waals surface area contributed by atoms with Crippen LogP contribution < -0.4 is 5.69 Å².